The van der Waals surface area contributed by atoms with Gasteiger partial charge in [-0.1, -0.05) is 51.9 Å². The van der Waals surface area contributed by atoms with E-state index in [1.54, 1.807) is 7.11 Å². The van der Waals surface area contributed by atoms with Crippen LogP contribution >= 0.6 is 0 Å². The lowest BCUT2D eigenvalue weighted by Gasteiger charge is -2.13. The van der Waals surface area contributed by atoms with E-state index in [1.807, 2.05) is 6.92 Å². The summed E-state index contributed by atoms with van der Waals surface area (Å²) in [6.07, 6.45) is 10.8. The zero-order valence-corrected chi connectivity index (χ0v) is 28.0. The average molecular weight is 652 g/mol. The molecule has 2 amide bonds. The standard InChI is InChI=1S/C32H61NO12/c1-3-13-31(35)33(30-34)45-32(36)14-11-9-7-5-4-6-8-10-12-15-38-18-19-40-22-23-42-26-27-44-29-28-43-25-24-41-21-20-39-17-16-37-2/h30H,3-29H2,1-2H3. The van der Waals surface area contributed by atoms with Gasteiger partial charge < -0.3 is 42.7 Å². The van der Waals surface area contributed by atoms with E-state index < -0.39 is 11.9 Å². The molecule has 0 aliphatic rings. The Kier molecular flexibility index (Phi) is 35.4. The van der Waals surface area contributed by atoms with Crippen LogP contribution < -0.4 is 0 Å². The molecule has 0 saturated carbocycles. The van der Waals surface area contributed by atoms with E-state index in [2.05, 4.69) is 0 Å². The number of imide groups is 1. The van der Waals surface area contributed by atoms with Gasteiger partial charge in [0.1, 0.15) is 0 Å². The van der Waals surface area contributed by atoms with E-state index in [1.165, 1.54) is 19.3 Å². The second-order valence-electron chi connectivity index (χ2n) is 10.2. The van der Waals surface area contributed by atoms with Crippen molar-refractivity contribution in [2.24, 2.45) is 0 Å². The van der Waals surface area contributed by atoms with Crippen molar-refractivity contribution in [1.29, 1.82) is 0 Å². The summed E-state index contributed by atoms with van der Waals surface area (Å²) < 4.78 is 43.1. The molecule has 0 aromatic carbocycles. The van der Waals surface area contributed by atoms with Crippen LogP contribution in [0.5, 0.6) is 0 Å². The molecule has 0 atom stereocenters. The Hall–Kier alpha value is -1.71. The number of hydroxylamine groups is 2. The quantitative estimate of drug-likeness (QED) is 0.0552. The molecule has 0 unspecified atom stereocenters. The van der Waals surface area contributed by atoms with Crippen LogP contribution in [-0.4, -0.2) is 130 Å². The predicted molar refractivity (Wildman–Crippen MR) is 168 cm³/mol. The van der Waals surface area contributed by atoms with E-state index >= 15 is 0 Å². The van der Waals surface area contributed by atoms with Gasteiger partial charge in [-0.05, 0) is 19.3 Å². The largest absolute Gasteiger partial charge is 0.382 e. The molecule has 0 aromatic rings. The van der Waals surface area contributed by atoms with Gasteiger partial charge in [-0.3, -0.25) is 9.59 Å². The normalized spacial score (nSPS) is 11.2. The summed E-state index contributed by atoms with van der Waals surface area (Å²) >= 11 is 0. The molecule has 0 bridgehead atoms. The fourth-order valence-electron chi connectivity index (χ4n) is 3.89. The number of rotatable bonds is 36. The molecule has 13 nitrogen and oxygen atoms in total. The van der Waals surface area contributed by atoms with Gasteiger partial charge in [0.15, 0.2) is 0 Å². The number of hydrogen-bond acceptors (Lipinski definition) is 12. The van der Waals surface area contributed by atoms with Gasteiger partial charge in [0.05, 0.1) is 92.5 Å². The lowest BCUT2D eigenvalue weighted by Crippen LogP contribution is -2.32. The van der Waals surface area contributed by atoms with E-state index in [-0.39, 0.29) is 19.3 Å². The topological polar surface area (TPSA) is 138 Å². The number of carbonyl (C=O) groups is 3. The number of ether oxygens (including phenoxy) is 8. The van der Waals surface area contributed by atoms with Crippen molar-refractivity contribution in [3.05, 3.63) is 0 Å². The zero-order valence-electron chi connectivity index (χ0n) is 28.0. The summed E-state index contributed by atoms with van der Waals surface area (Å²) in [5.41, 5.74) is 0. The van der Waals surface area contributed by atoms with Crippen LogP contribution in [0.15, 0.2) is 0 Å². The molecule has 0 fully saturated rings. The Labute approximate surface area is 270 Å². The van der Waals surface area contributed by atoms with Crippen LogP contribution in [0.1, 0.15) is 84.0 Å². The summed E-state index contributed by atoms with van der Waals surface area (Å²) in [7, 11) is 1.64. The first kappa shape index (κ1) is 43.3. The fourth-order valence-corrected chi connectivity index (χ4v) is 3.89. The van der Waals surface area contributed by atoms with E-state index in [4.69, 9.17) is 42.7 Å². The number of nitrogens with zero attached hydrogens (tertiary/aromatic N) is 1. The predicted octanol–water partition coefficient (Wildman–Crippen LogP) is 3.89. The lowest BCUT2D eigenvalue weighted by molar-refractivity contribution is -0.196. The third kappa shape index (κ3) is 33.5. The molecule has 13 heteroatoms. The summed E-state index contributed by atoms with van der Waals surface area (Å²) in [5.74, 6) is -1.04. The zero-order chi connectivity index (χ0) is 32.9. The molecule has 0 rings (SSSR count). The highest BCUT2D eigenvalue weighted by molar-refractivity contribution is 5.86. The van der Waals surface area contributed by atoms with Crippen molar-refractivity contribution in [3.63, 3.8) is 0 Å². The molecule has 0 saturated heterocycles. The van der Waals surface area contributed by atoms with Gasteiger partial charge in [0, 0.05) is 26.6 Å². The SMILES string of the molecule is CCCC(=O)N(C=O)OC(=O)CCCCCCCCCCCOCCOCCOCCOCCOCCOCCOCCOC. The minimum Gasteiger partial charge on any atom is -0.382 e. The van der Waals surface area contributed by atoms with Crippen LogP contribution in [0.2, 0.25) is 0 Å². The molecular weight excluding hydrogens is 590 g/mol. The lowest BCUT2D eigenvalue weighted by atomic mass is 10.1. The van der Waals surface area contributed by atoms with E-state index in [0.717, 1.165) is 38.7 Å². The molecule has 0 aliphatic heterocycles. The molecule has 266 valence electrons. The smallest absolute Gasteiger partial charge is 0.333 e. The van der Waals surface area contributed by atoms with Crippen molar-refractivity contribution >= 4 is 18.3 Å². The molecule has 0 radical (unpaired) electrons. The summed E-state index contributed by atoms with van der Waals surface area (Å²) in [5, 5.41) is 0.505. The summed E-state index contributed by atoms with van der Waals surface area (Å²) in [6.45, 7) is 10.2. The first-order valence-corrected chi connectivity index (χ1v) is 16.7. The molecule has 0 aromatic heterocycles. The number of unbranched alkanes of at least 4 members (excludes halogenated alkanes) is 8. The highest BCUT2D eigenvalue weighted by Crippen LogP contribution is 2.11. The first-order valence-electron chi connectivity index (χ1n) is 16.7. The fraction of sp³-hybridized carbons (Fsp3) is 0.906. The van der Waals surface area contributed by atoms with Gasteiger partial charge in [0.25, 0.3) is 12.3 Å². The van der Waals surface area contributed by atoms with Crippen molar-refractivity contribution in [2.45, 2.75) is 84.0 Å². The van der Waals surface area contributed by atoms with Gasteiger partial charge >= 0.3 is 5.97 Å². The Morgan fingerprint density at radius 2 is 0.844 bits per heavy atom. The Balaban J connectivity index is 3.20. The second-order valence-corrected chi connectivity index (χ2v) is 10.2. The van der Waals surface area contributed by atoms with Crippen LogP contribution in [0.25, 0.3) is 0 Å². The van der Waals surface area contributed by atoms with E-state index in [9.17, 15) is 14.4 Å². The Morgan fingerprint density at radius 3 is 1.22 bits per heavy atom. The van der Waals surface area contributed by atoms with Crippen LogP contribution in [-0.2, 0) is 57.1 Å². The molecule has 0 heterocycles. The van der Waals surface area contributed by atoms with Gasteiger partial charge in [0.2, 0.25) is 0 Å². The van der Waals surface area contributed by atoms with Gasteiger partial charge in [-0.2, -0.15) is 0 Å². The van der Waals surface area contributed by atoms with Crippen LogP contribution in [0.3, 0.4) is 0 Å². The molecule has 0 aliphatic carbocycles. The maximum Gasteiger partial charge on any atom is 0.333 e. The third-order valence-corrected chi connectivity index (χ3v) is 6.34. The average Bonchev–Trinajstić information content (AvgIpc) is 3.04. The van der Waals surface area contributed by atoms with Crippen molar-refractivity contribution in [3.8, 4) is 0 Å². The molecular formula is C32H61NO12. The highest BCUT2D eigenvalue weighted by Gasteiger charge is 2.16. The van der Waals surface area contributed by atoms with E-state index in [0.29, 0.717) is 110 Å². The molecule has 0 N–H and O–H groups in total. The molecule has 45 heavy (non-hydrogen) atoms. The monoisotopic (exact) mass is 651 g/mol. The Morgan fingerprint density at radius 1 is 0.489 bits per heavy atom. The second kappa shape index (κ2) is 36.8. The van der Waals surface area contributed by atoms with Crippen LogP contribution in [0, 0.1) is 0 Å². The Bertz CT molecular complexity index is 656. The third-order valence-electron chi connectivity index (χ3n) is 6.34. The van der Waals surface area contributed by atoms with Gasteiger partial charge in [-0.25, -0.2) is 4.79 Å². The molecule has 0 spiro atoms. The maximum atomic E-state index is 11.8. The highest BCUT2D eigenvalue weighted by atomic mass is 16.7. The number of methoxy groups -OCH3 is 1. The first-order chi connectivity index (χ1) is 22.2. The maximum absolute atomic E-state index is 11.8. The summed E-state index contributed by atoms with van der Waals surface area (Å²) in [4.78, 5) is 39.1. The minimum atomic E-state index is -0.542. The van der Waals surface area contributed by atoms with Crippen LogP contribution in [0.4, 0.5) is 0 Å². The number of carbonyl (C=O) groups excluding carboxylic acids is 3. The number of amides is 2. The van der Waals surface area contributed by atoms with Crippen molar-refractivity contribution < 1.29 is 57.1 Å². The summed E-state index contributed by atoms with van der Waals surface area (Å²) in [6, 6.07) is 0. The van der Waals surface area contributed by atoms with Crippen molar-refractivity contribution in [2.75, 3.05) is 106 Å². The number of hydrogen-bond donors (Lipinski definition) is 0. The minimum absolute atomic E-state index is 0.174. The van der Waals surface area contributed by atoms with Crippen molar-refractivity contribution in [1.82, 2.24) is 5.06 Å². The van der Waals surface area contributed by atoms with Gasteiger partial charge in [-0.15, -0.1) is 5.06 Å².